The number of aromatic nitrogens is 1. The molecule has 2 N–H and O–H groups in total. The molecule has 0 aliphatic rings. The highest BCUT2D eigenvalue weighted by atomic mass is 14.9. The maximum atomic E-state index is 3.57. The van der Waals surface area contributed by atoms with Crippen molar-refractivity contribution in [3.05, 3.63) is 71.9 Å². The SMILES string of the molecule is CC(CNCc1cccc2[nH]ccc12)c1ccccc1. The molecule has 2 aromatic carbocycles. The highest BCUT2D eigenvalue weighted by Crippen LogP contribution is 2.18. The highest BCUT2D eigenvalue weighted by Gasteiger charge is 2.05. The second-order valence-electron chi connectivity index (χ2n) is 5.30. The van der Waals surface area contributed by atoms with Crippen molar-refractivity contribution in [2.45, 2.75) is 19.4 Å². The summed E-state index contributed by atoms with van der Waals surface area (Å²) in [5, 5.41) is 4.88. The molecule has 0 spiro atoms. The Balaban J connectivity index is 1.61. The summed E-state index contributed by atoms with van der Waals surface area (Å²) in [6, 6.07) is 19.2. The zero-order valence-corrected chi connectivity index (χ0v) is 11.8. The minimum Gasteiger partial charge on any atom is -0.361 e. The Hall–Kier alpha value is -2.06. The van der Waals surface area contributed by atoms with Crippen LogP contribution in [0.15, 0.2) is 60.8 Å². The topological polar surface area (TPSA) is 27.8 Å². The Morgan fingerprint density at radius 2 is 1.85 bits per heavy atom. The van der Waals surface area contributed by atoms with Gasteiger partial charge in [0.15, 0.2) is 0 Å². The second kappa shape index (κ2) is 5.93. The number of hydrogen-bond donors (Lipinski definition) is 2. The molecule has 20 heavy (non-hydrogen) atoms. The van der Waals surface area contributed by atoms with Gasteiger partial charge in [-0.05, 0) is 29.2 Å². The van der Waals surface area contributed by atoms with E-state index >= 15 is 0 Å². The van der Waals surface area contributed by atoms with E-state index in [0.29, 0.717) is 5.92 Å². The van der Waals surface area contributed by atoms with Crippen molar-refractivity contribution in [2.75, 3.05) is 6.54 Å². The van der Waals surface area contributed by atoms with Crippen LogP contribution in [0.5, 0.6) is 0 Å². The maximum absolute atomic E-state index is 3.57. The fraction of sp³-hybridized carbons (Fsp3) is 0.222. The number of fused-ring (bicyclic) bond motifs is 1. The van der Waals surface area contributed by atoms with Crippen LogP contribution in [0.4, 0.5) is 0 Å². The summed E-state index contributed by atoms with van der Waals surface area (Å²) >= 11 is 0. The first kappa shape index (κ1) is 12.9. The monoisotopic (exact) mass is 264 g/mol. The molecule has 0 fully saturated rings. The number of benzene rings is 2. The standard InChI is InChI=1S/C18H20N2/c1-14(15-6-3-2-4-7-15)12-19-13-16-8-5-9-18-17(16)10-11-20-18/h2-11,14,19-20H,12-13H2,1H3. The van der Waals surface area contributed by atoms with Crippen LogP contribution in [-0.2, 0) is 6.54 Å². The van der Waals surface area contributed by atoms with Crippen molar-refractivity contribution in [1.29, 1.82) is 0 Å². The highest BCUT2D eigenvalue weighted by molar-refractivity contribution is 5.82. The zero-order chi connectivity index (χ0) is 13.8. The fourth-order valence-electron chi connectivity index (χ4n) is 2.63. The normalized spacial score (nSPS) is 12.7. The van der Waals surface area contributed by atoms with Crippen LogP contribution in [0.3, 0.4) is 0 Å². The van der Waals surface area contributed by atoms with Crippen molar-refractivity contribution in [3.8, 4) is 0 Å². The quantitative estimate of drug-likeness (QED) is 0.714. The summed E-state index contributed by atoms with van der Waals surface area (Å²) in [5.41, 5.74) is 3.95. The molecule has 1 heterocycles. The summed E-state index contributed by atoms with van der Waals surface area (Å²) < 4.78 is 0. The van der Waals surface area contributed by atoms with E-state index in [1.54, 1.807) is 0 Å². The van der Waals surface area contributed by atoms with Gasteiger partial charge in [-0.15, -0.1) is 0 Å². The van der Waals surface area contributed by atoms with Gasteiger partial charge >= 0.3 is 0 Å². The predicted molar refractivity (Wildman–Crippen MR) is 84.9 cm³/mol. The molecule has 102 valence electrons. The van der Waals surface area contributed by atoms with Crippen LogP contribution >= 0.6 is 0 Å². The molecule has 0 amide bonds. The number of hydrogen-bond acceptors (Lipinski definition) is 1. The lowest BCUT2D eigenvalue weighted by Crippen LogP contribution is -2.19. The molecular weight excluding hydrogens is 244 g/mol. The van der Waals surface area contributed by atoms with Crippen LogP contribution < -0.4 is 5.32 Å². The molecule has 3 rings (SSSR count). The molecule has 0 saturated carbocycles. The minimum atomic E-state index is 0.529. The van der Waals surface area contributed by atoms with Gasteiger partial charge in [0.25, 0.3) is 0 Å². The van der Waals surface area contributed by atoms with Crippen molar-refractivity contribution < 1.29 is 0 Å². The van der Waals surface area contributed by atoms with Crippen molar-refractivity contribution in [2.24, 2.45) is 0 Å². The van der Waals surface area contributed by atoms with Crippen LogP contribution in [0.1, 0.15) is 24.0 Å². The van der Waals surface area contributed by atoms with E-state index < -0.39 is 0 Å². The van der Waals surface area contributed by atoms with E-state index in [1.165, 1.54) is 22.0 Å². The molecule has 0 bridgehead atoms. The van der Waals surface area contributed by atoms with E-state index in [2.05, 4.69) is 71.8 Å². The number of aromatic amines is 1. The molecule has 0 aliphatic heterocycles. The second-order valence-corrected chi connectivity index (χ2v) is 5.30. The van der Waals surface area contributed by atoms with Crippen LogP contribution in [-0.4, -0.2) is 11.5 Å². The van der Waals surface area contributed by atoms with Gasteiger partial charge < -0.3 is 10.3 Å². The first-order valence-corrected chi connectivity index (χ1v) is 7.15. The van der Waals surface area contributed by atoms with Crippen molar-refractivity contribution >= 4 is 10.9 Å². The van der Waals surface area contributed by atoms with Crippen molar-refractivity contribution in [3.63, 3.8) is 0 Å². The summed E-state index contributed by atoms with van der Waals surface area (Å²) in [6.07, 6.45) is 2.00. The lowest BCUT2D eigenvalue weighted by atomic mass is 10.0. The first-order valence-electron chi connectivity index (χ1n) is 7.15. The Labute approximate surface area is 119 Å². The molecule has 0 radical (unpaired) electrons. The van der Waals surface area contributed by atoms with Gasteiger partial charge in [0, 0.05) is 30.2 Å². The first-order chi connectivity index (χ1) is 9.84. The Bertz CT molecular complexity index is 670. The Kier molecular flexibility index (Phi) is 3.84. The lowest BCUT2D eigenvalue weighted by molar-refractivity contribution is 0.617. The third-order valence-corrected chi connectivity index (χ3v) is 3.82. The van der Waals surface area contributed by atoms with Gasteiger partial charge in [0.05, 0.1) is 0 Å². The molecule has 3 aromatic rings. The molecule has 1 aromatic heterocycles. The Morgan fingerprint density at radius 3 is 2.70 bits per heavy atom. The molecule has 0 saturated heterocycles. The van der Waals surface area contributed by atoms with Crippen LogP contribution in [0.2, 0.25) is 0 Å². The maximum Gasteiger partial charge on any atom is 0.0457 e. The summed E-state index contributed by atoms with van der Waals surface area (Å²) in [5.74, 6) is 0.529. The number of H-pyrrole nitrogens is 1. The smallest absolute Gasteiger partial charge is 0.0457 e. The third kappa shape index (κ3) is 2.75. The van der Waals surface area contributed by atoms with Gasteiger partial charge in [0.2, 0.25) is 0 Å². The van der Waals surface area contributed by atoms with Gasteiger partial charge in [-0.1, -0.05) is 49.4 Å². The summed E-state index contributed by atoms with van der Waals surface area (Å²) in [6.45, 7) is 4.16. The van der Waals surface area contributed by atoms with E-state index in [-0.39, 0.29) is 0 Å². The molecule has 1 atom stereocenters. The summed E-state index contributed by atoms with van der Waals surface area (Å²) in [4.78, 5) is 3.26. The molecular formula is C18H20N2. The predicted octanol–water partition coefficient (Wildman–Crippen LogP) is 4.06. The lowest BCUT2D eigenvalue weighted by Gasteiger charge is -2.13. The fourth-order valence-corrected chi connectivity index (χ4v) is 2.63. The van der Waals surface area contributed by atoms with Gasteiger partial charge in [-0.3, -0.25) is 0 Å². The molecule has 2 heteroatoms. The van der Waals surface area contributed by atoms with E-state index in [9.17, 15) is 0 Å². The average Bonchev–Trinajstić information content (AvgIpc) is 2.97. The van der Waals surface area contributed by atoms with Gasteiger partial charge in [0.1, 0.15) is 0 Å². The third-order valence-electron chi connectivity index (χ3n) is 3.82. The largest absolute Gasteiger partial charge is 0.361 e. The zero-order valence-electron chi connectivity index (χ0n) is 11.8. The van der Waals surface area contributed by atoms with E-state index in [1.807, 2.05) is 6.20 Å². The van der Waals surface area contributed by atoms with Crippen LogP contribution in [0.25, 0.3) is 10.9 Å². The average molecular weight is 264 g/mol. The Morgan fingerprint density at radius 1 is 1.00 bits per heavy atom. The summed E-state index contributed by atoms with van der Waals surface area (Å²) in [7, 11) is 0. The van der Waals surface area contributed by atoms with Gasteiger partial charge in [-0.25, -0.2) is 0 Å². The molecule has 2 nitrogen and oxygen atoms in total. The van der Waals surface area contributed by atoms with E-state index in [0.717, 1.165) is 13.1 Å². The van der Waals surface area contributed by atoms with Crippen LogP contribution in [0, 0.1) is 0 Å². The number of rotatable bonds is 5. The van der Waals surface area contributed by atoms with Gasteiger partial charge in [-0.2, -0.15) is 0 Å². The molecule has 1 unspecified atom stereocenters. The number of nitrogens with one attached hydrogen (secondary N) is 2. The minimum absolute atomic E-state index is 0.529. The molecule has 0 aliphatic carbocycles. The van der Waals surface area contributed by atoms with Crippen molar-refractivity contribution in [1.82, 2.24) is 10.3 Å². The van der Waals surface area contributed by atoms with E-state index in [4.69, 9.17) is 0 Å².